The van der Waals surface area contributed by atoms with Crippen LogP contribution in [0.5, 0.6) is 5.75 Å². The van der Waals surface area contributed by atoms with E-state index in [2.05, 4.69) is 5.32 Å². The quantitative estimate of drug-likeness (QED) is 0.866. The number of likely N-dealkylation sites (tertiary alicyclic amines) is 1. The van der Waals surface area contributed by atoms with Gasteiger partial charge in [0.15, 0.2) is 0 Å². The van der Waals surface area contributed by atoms with E-state index >= 15 is 0 Å². The van der Waals surface area contributed by atoms with Gasteiger partial charge in [0.05, 0.1) is 13.2 Å². The summed E-state index contributed by atoms with van der Waals surface area (Å²) in [6, 6.07) is 13.1. The van der Waals surface area contributed by atoms with Crippen molar-refractivity contribution in [2.24, 2.45) is 0 Å². The molecule has 0 bridgehead atoms. The van der Waals surface area contributed by atoms with E-state index in [-0.39, 0.29) is 36.6 Å². The zero-order chi connectivity index (χ0) is 18.5. The number of carbonyl (C=O) groups is 2. The summed E-state index contributed by atoms with van der Waals surface area (Å²) in [5.74, 6) is 0.0644. The fraction of sp³-hybridized carbons (Fsp3) is 0.300. The maximum Gasteiger partial charge on any atom is 0.251 e. The summed E-state index contributed by atoms with van der Waals surface area (Å²) in [4.78, 5) is 26.3. The van der Waals surface area contributed by atoms with Gasteiger partial charge in [0, 0.05) is 25.1 Å². The first kappa shape index (κ1) is 17.9. The highest BCUT2D eigenvalue weighted by molar-refractivity contribution is 5.94. The predicted molar refractivity (Wildman–Crippen MR) is 95.4 cm³/mol. The summed E-state index contributed by atoms with van der Waals surface area (Å²) in [5.41, 5.74) is 1.43. The van der Waals surface area contributed by atoms with Crippen LogP contribution in [-0.2, 0) is 4.79 Å². The molecule has 26 heavy (non-hydrogen) atoms. The lowest BCUT2D eigenvalue weighted by Gasteiger charge is -2.41. The molecule has 0 saturated carbocycles. The summed E-state index contributed by atoms with van der Waals surface area (Å²) >= 11 is 0. The van der Waals surface area contributed by atoms with Crippen molar-refractivity contribution in [2.75, 3.05) is 20.2 Å². The van der Waals surface area contributed by atoms with Gasteiger partial charge in [-0.1, -0.05) is 18.2 Å². The lowest BCUT2D eigenvalue weighted by molar-refractivity contribution is -0.139. The lowest BCUT2D eigenvalue weighted by atomic mass is 9.94. The average Bonchev–Trinajstić information content (AvgIpc) is 2.62. The standard InChI is InChI=1S/C20H21FN2O3/c1-26-17-4-2-3-15(13-17)20(25)22-11-9-19(24)23-12-10-18(23)14-5-7-16(21)8-6-14/h2-8,13,18H,9-12H2,1H3,(H,22,25). The Labute approximate surface area is 151 Å². The Hall–Kier alpha value is -2.89. The van der Waals surface area contributed by atoms with Crippen LogP contribution in [0.2, 0.25) is 0 Å². The summed E-state index contributed by atoms with van der Waals surface area (Å²) in [7, 11) is 1.54. The van der Waals surface area contributed by atoms with E-state index in [0.29, 0.717) is 17.9 Å². The molecule has 6 heteroatoms. The fourth-order valence-corrected chi connectivity index (χ4v) is 3.01. The molecule has 2 amide bonds. The maximum atomic E-state index is 13.0. The molecular formula is C20H21FN2O3. The number of amides is 2. The molecule has 0 aliphatic carbocycles. The Morgan fingerprint density at radius 1 is 1.23 bits per heavy atom. The molecule has 0 aromatic heterocycles. The monoisotopic (exact) mass is 356 g/mol. The normalized spacial score (nSPS) is 15.9. The van der Waals surface area contributed by atoms with Crippen LogP contribution >= 0.6 is 0 Å². The second-order valence-corrected chi connectivity index (χ2v) is 6.18. The highest BCUT2D eigenvalue weighted by atomic mass is 19.1. The molecule has 2 aromatic rings. The fourth-order valence-electron chi connectivity index (χ4n) is 3.01. The van der Waals surface area contributed by atoms with Gasteiger partial charge in [0.2, 0.25) is 5.91 Å². The second-order valence-electron chi connectivity index (χ2n) is 6.18. The number of hydrogen-bond acceptors (Lipinski definition) is 3. The third kappa shape index (κ3) is 4.02. The number of nitrogens with one attached hydrogen (secondary N) is 1. The summed E-state index contributed by atoms with van der Waals surface area (Å²) < 4.78 is 18.1. The number of benzene rings is 2. The third-order valence-electron chi connectivity index (χ3n) is 4.55. The summed E-state index contributed by atoms with van der Waals surface area (Å²) in [6.07, 6.45) is 1.10. The van der Waals surface area contributed by atoms with E-state index in [1.165, 1.54) is 12.1 Å². The van der Waals surface area contributed by atoms with Gasteiger partial charge < -0.3 is 15.0 Å². The van der Waals surface area contributed by atoms with Crippen LogP contribution < -0.4 is 10.1 Å². The van der Waals surface area contributed by atoms with Gasteiger partial charge in [-0.25, -0.2) is 4.39 Å². The minimum absolute atomic E-state index is 0.00261. The Bertz CT molecular complexity index is 792. The van der Waals surface area contributed by atoms with Crippen LogP contribution in [0.4, 0.5) is 4.39 Å². The number of halogens is 1. The molecule has 2 aromatic carbocycles. The van der Waals surface area contributed by atoms with Gasteiger partial charge in [-0.15, -0.1) is 0 Å². The van der Waals surface area contributed by atoms with Gasteiger partial charge >= 0.3 is 0 Å². The van der Waals surface area contributed by atoms with E-state index in [4.69, 9.17) is 4.74 Å². The molecule has 0 spiro atoms. The minimum Gasteiger partial charge on any atom is -0.497 e. The van der Waals surface area contributed by atoms with Crippen molar-refractivity contribution in [2.45, 2.75) is 18.9 Å². The largest absolute Gasteiger partial charge is 0.497 e. The molecular weight excluding hydrogens is 335 g/mol. The van der Waals surface area contributed by atoms with Gasteiger partial charge in [0.1, 0.15) is 11.6 Å². The third-order valence-corrected chi connectivity index (χ3v) is 4.55. The molecule has 1 saturated heterocycles. The molecule has 1 fully saturated rings. The Balaban J connectivity index is 1.49. The first-order valence-corrected chi connectivity index (χ1v) is 8.55. The smallest absolute Gasteiger partial charge is 0.251 e. The molecule has 1 aliphatic rings. The molecule has 136 valence electrons. The molecule has 1 N–H and O–H groups in total. The van der Waals surface area contributed by atoms with E-state index in [0.717, 1.165) is 12.0 Å². The molecule has 1 atom stereocenters. The highest BCUT2D eigenvalue weighted by Gasteiger charge is 2.32. The van der Waals surface area contributed by atoms with Crippen LogP contribution in [0.1, 0.15) is 34.8 Å². The SMILES string of the molecule is COc1cccc(C(=O)NCCC(=O)N2CCC2c2ccc(F)cc2)c1. The van der Waals surface area contributed by atoms with Gasteiger partial charge in [-0.3, -0.25) is 9.59 Å². The number of hydrogen-bond donors (Lipinski definition) is 1. The Morgan fingerprint density at radius 2 is 2.00 bits per heavy atom. The van der Waals surface area contributed by atoms with E-state index in [1.54, 1.807) is 48.4 Å². The predicted octanol–water partition coefficient (Wildman–Crippen LogP) is 2.93. The number of rotatable bonds is 6. The number of methoxy groups -OCH3 is 1. The van der Waals surface area contributed by atoms with Gasteiger partial charge in [-0.05, 0) is 42.3 Å². The molecule has 3 rings (SSSR count). The van der Waals surface area contributed by atoms with Crippen molar-refractivity contribution >= 4 is 11.8 Å². The van der Waals surface area contributed by atoms with E-state index in [9.17, 15) is 14.0 Å². The Kier molecular flexibility index (Phi) is 5.51. The van der Waals surface area contributed by atoms with Crippen LogP contribution in [0.15, 0.2) is 48.5 Å². The van der Waals surface area contributed by atoms with Crippen LogP contribution in [-0.4, -0.2) is 36.9 Å². The highest BCUT2D eigenvalue weighted by Crippen LogP contribution is 2.33. The van der Waals surface area contributed by atoms with Crippen molar-refractivity contribution in [3.8, 4) is 5.75 Å². The summed E-state index contributed by atoms with van der Waals surface area (Å²) in [5, 5.41) is 2.75. The van der Waals surface area contributed by atoms with E-state index < -0.39 is 0 Å². The zero-order valence-electron chi connectivity index (χ0n) is 14.6. The number of nitrogens with zero attached hydrogens (tertiary/aromatic N) is 1. The molecule has 1 aliphatic heterocycles. The molecule has 1 unspecified atom stereocenters. The first-order chi connectivity index (χ1) is 12.6. The van der Waals surface area contributed by atoms with Crippen molar-refractivity contribution in [1.82, 2.24) is 10.2 Å². The first-order valence-electron chi connectivity index (χ1n) is 8.55. The van der Waals surface area contributed by atoms with Gasteiger partial charge in [0.25, 0.3) is 5.91 Å². The van der Waals surface area contributed by atoms with Gasteiger partial charge in [-0.2, -0.15) is 0 Å². The van der Waals surface area contributed by atoms with Crippen LogP contribution in [0.3, 0.4) is 0 Å². The zero-order valence-corrected chi connectivity index (χ0v) is 14.6. The molecule has 5 nitrogen and oxygen atoms in total. The van der Waals surface area contributed by atoms with E-state index in [1.807, 2.05) is 0 Å². The van der Waals surface area contributed by atoms with Crippen LogP contribution in [0.25, 0.3) is 0 Å². The van der Waals surface area contributed by atoms with Crippen molar-refractivity contribution in [3.05, 3.63) is 65.5 Å². The minimum atomic E-state index is -0.286. The maximum absolute atomic E-state index is 13.0. The topological polar surface area (TPSA) is 58.6 Å². The molecule has 0 radical (unpaired) electrons. The van der Waals surface area contributed by atoms with Crippen molar-refractivity contribution in [3.63, 3.8) is 0 Å². The number of carbonyl (C=O) groups excluding carboxylic acids is 2. The summed E-state index contributed by atoms with van der Waals surface area (Å²) in [6.45, 7) is 0.951. The van der Waals surface area contributed by atoms with Crippen molar-refractivity contribution in [1.29, 1.82) is 0 Å². The molecule has 1 heterocycles. The van der Waals surface area contributed by atoms with Crippen molar-refractivity contribution < 1.29 is 18.7 Å². The lowest BCUT2D eigenvalue weighted by Crippen LogP contribution is -2.46. The number of ether oxygens (including phenoxy) is 1. The Morgan fingerprint density at radius 3 is 2.65 bits per heavy atom. The second kappa shape index (κ2) is 7.99. The average molecular weight is 356 g/mol. The van der Waals surface area contributed by atoms with Crippen LogP contribution in [0, 0.1) is 5.82 Å².